The number of nitrogens with zero attached hydrogens (tertiary/aromatic N) is 1. The molecule has 2 fully saturated rings. The van der Waals surface area contributed by atoms with Gasteiger partial charge in [0.1, 0.15) is 5.75 Å². The highest BCUT2D eigenvalue weighted by Crippen LogP contribution is 2.35. The number of methoxy groups -OCH3 is 1. The lowest BCUT2D eigenvalue weighted by atomic mass is 10.1. The molecule has 1 aromatic carbocycles. The van der Waals surface area contributed by atoms with Gasteiger partial charge in [0.2, 0.25) is 11.8 Å². The van der Waals surface area contributed by atoms with Crippen LogP contribution in [0, 0.1) is 5.92 Å². The molecule has 1 aromatic rings. The monoisotopic (exact) mass is 352 g/mol. The van der Waals surface area contributed by atoms with Gasteiger partial charge in [-0.3, -0.25) is 9.59 Å². The lowest BCUT2D eigenvalue weighted by molar-refractivity contribution is -0.126. The third-order valence-electron chi connectivity index (χ3n) is 4.46. The quantitative estimate of drug-likeness (QED) is 0.880. The summed E-state index contributed by atoms with van der Waals surface area (Å²) in [5, 5.41) is 3.42. The summed E-state index contributed by atoms with van der Waals surface area (Å²) in [5.41, 5.74) is 0.601. The Hall–Kier alpha value is -1.79. The maximum absolute atomic E-state index is 12.4. The van der Waals surface area contributed by atoms with Gasteiger partial charge in [0.25, 0.3) is 0 Å². The van der Waals surface area contributed by atoms with E-state index in [0.29, 0.717) is 29.5 Å². The van der Waals surface area contributed by atoms with E-state index in [4.69, 9.17) is 21.1 Å². The number of carbonyl (C=O) groups is 2. The number of benzene rings is 1. The molecule has 0 unspecified atom stereocenters. The molecule has 0 aliphatic carbocycles. The zero-order valence-corrected chi connectivity index (χ0v) is 14.3. The molecule has 24 heavy (non-hydrogen) atoms. The van der Waals surface area contributed by atoms with Gasteiger partial charge in [-0.25, -0.2) is 0 Å². The van der Waals surface area contributed by atoms with Crippen LogP contribution in [0.5, 0.6) is 5.75 Å². The fourth-order valence-electron chi connectivity index (χ4n) is 3.15. The molecule has 2 heterocycles. The first-order chi connectivity index (χ1) is 11.6. The normalized spacial score (nSPS) is 23.6. The van der Waals surface area contributed by atoms with E-state index in [1.807, 2.05) is 0 Å². The van der Waals surface area contributed by atoms with Crippen LogP contribution in [0.15, 0.2) is 18.2 Å². The van der Waals surface area contributed by atoms with E-state index < -0.39 is 0 Å². The number of nitrogens with one attached hydrogen (secondary N) is 1. The van der Waals surface area contributed by atoms with E-state index in [-0.39, 0.29) is 30.3 Å². The van der Waals surface area contributed by atoms with Crippen molar-refractivity contribution in [3.8, 4) is 5.75 Å². The van der Waals surface area contributed by atoms with Crippen LogP contribution in [-0.4, -0.2) is 44.7 Å². The smallest absolute Gasteiger partial charge is 0.227 e. The number of halogens is 1. The Morgan fingerprint density at radius 1 is 1.50 bits per heavy atom. The molecule has 0 bridgehead atoms. The van der Waals surface area contributed by atoms with E-state index in [2.05, 4.69) is 5.32 Å². The maximum atomic E-state index is 12.4. The van der Waals surface area contributed by atoms with Gasteiger partial charge in [-0.15, -0.1) is 0 Å². The predicted molar refractivity (Wildman–Crippen MR) is 90.4 cm³/mol. The number of hydrogen-bond acceptors (Lipinski definition) is 4. The molecule has 2 aliphatic rings. The summed E-state index contributed by atoms with van der Waals surface area (Å²) in [4.78, 5) is 26.3. The fraction of sp³-hybridized carbons (Fsp3) is 0.529. The molecule has 2 atom stereocenters. The van der Waals surface area contributed by atoms with Crippen molar-refractivity contribution in [1.29, 1.82) is 0 Å². The van der Waals surface area contributed by atoms with Crippen LogP contribution in [0.4, 0.5) is 5.69 Å². The molecule has 2 aliphatic heterocycles. The largest absolute Gasteiger partial charge is 0.495 e. The zero-order valence-electron chi connectivity index (χ0n) is 13.6. The van der Waals surface area contributed by atoms with Gasteiger partial charge in [-0.1, -0.05) is 11.6 Å². The number of carbonyl (C=O) groups excluding carboxylic acids is 2. The standard InChI is InChI=1S/C17H21ClN2O4/c1-23-15-5-4-12(18)8-14(15)20-10-11(7-16(20)21)17(22)19-9-13-3-2-6-24-13/h4-5,8,11,13H,2-3,6-7,9-10H2,1H3,(H,19,22)/t11-,13+/m0/s1. The Bertz CT molecular complexity index is 631. The van der Waals surface area contributed by atoms with E-state index in [0.717, 1.165) is 19.4 Å². The highest BCUT2D eigenvalue weighted by Gasteiger charge is 2.36. The lowest BCUT2D eigenvalue weighted by Gasteiger charge is -2.20. The average molecular weight is 353 g/mol. The molecule has 0 aromatic heterocycles. The molecule has 0 saturated carbocycles. The minimum absolute atomic E-state index is 0.0928. The SMILES string of the molecule is COc1ccc(Cl)cc1N1C[C@@H](C(=O)NC[C@H]2CCCO2)CC1=O. The highest BCUT2D eigenvalue weighted by atomic mass is 35.5. The Kier molecular flexibility index (Phi) is 5.26. The fourth-order valence-corrected chi connectivity index (χ4v) is 3.32. The molecule has 7 heteroatoms. The van der Waals surface area contributed by atoms with E-state index >= 15 is 0 Å². The minimum Gasteiger partial charge on any atom is -0.495 e. The summed E-state index contributed by atoms with van der Waals surface area (Å²) < 4.78 is 10.8. The first kappa shape index (κ1) is 17.0. The van der Waals surface area contributed by atoms with Crippen molar-refractivity contribution in [3.05, 3.63) is 23.2 Å². The van der Waals surface area contributed by atoms with Crippen LogP contribution >= 0.6 is 11.6 Å². The van der Waals surface area contributed by atoms with Gasteiger partial charge in [0.15, 0.2) is 0 Å². The maximum Gasteiger partial charge on any atom is 0.227 e. The third-order valence-corrected chi connectivity index (χ3v) is 4.69. The number of amides is 2. The van der Waals surface area contributed by atoms with E-state index in [1.54, 1.807) is 30.2 Å². The van der Waals surface area contributed by atoms with Crippen molar-refractivity contribution in [1.82, 2.24) is 5.32 Å². The number of ether oxygens (including phenoxy) is 2. The number of anilines is 1. The van der Waals surface area contributed by atoms with Crippen molar-refractivity contribution in [3.63, 3.8) is 0 Å². The molecule has 0 spiro atoms. The summed E-state index contributed by atoms with van der Waals surface area (Å²) >= 11 is 6.03. The molecule has 3 rings (SSSR count). The highest BCUT2D eigenvalue weighted by molar-refractivity contribution is 6.31. The zero-order chi connectivity index (χ0) is 17.1. The van der Waals surface area contributed by atoms with Gasteiger partial charge in [-0.2, -0.15) is 0 Å². The van der Waals surface area contributed by atoms with E-state index in [1.165, 1.54) is 0 Å². The molecule has 130 valence electrons. The van der Waals surface area contributed by atoms with Gasteiger partial charge in [0.05, 0.1) is 24.8 Å². The van der Waals surface area contributed by atoms with Gasteiger partial charge in [0, 0.05) is 31.1 Å². The number of rotatable bonds is 5. The summed E-state index contributed by atoms with van der Waals surface area (Å²) in [6.45, 7) is 1.59. The van der Waals surface area contributed by atoms with Crippen LogP contribution in [0.1, 0.15) is 19.3 Å². The first-order valence-corrected chi connectivity index (χ1v) is 8.49. The minimum atomic E-state index is -0.373. The van der Waals surface area contributed by atoms with Crippen molar-refractivity contribution >= 4 is 29.1 Å². The molecule has 2 saturated heterocycles. The topological polar surface area (TPSA) is 67.9 Å². The van der Waals surface area contributed by atoms with Crippen LogP contribution < -0.4 is 15.0 Å². The van der Waals surface area contributed by atoms with Crippen molar-refractivity contribution in [2.24, 2.45) is 5.92 Å². The molecular weight excluding hydrogens is 332 g/mol. The van der Waals surface area contributed by atoms with Crippen LogP contribution in [0.25, 0.3) is 0 Å². The average Bonchev–Trinajstić information content (AvgIpc) is 3.22. The summed E-state index contributed by atoms with van der Waals surface area (Å²) in [5.74, 6) is -0.0223. The summed E-state index contributed by atoms with van der Waals surface area (Å²) in [7, 11) is 1.54. The second-order valence-electron chi connectivity index (χ2n) is 6.10. The first-order valence-electron chi connectivity index (χ1n) is 8.11. The Balaban J connectivity index is 1.64. The van der Waals surface area contributed by atoms with Gasteiger partial charge in [-0.05, 0) is 31.0 Å². The van der Waals surface area contributed by atoms with Crippen molar-refractivity contribution in [2.45, 2.75) is 25.4 Å². The van der Waals surface area contributed by atoms with E-state index in [9.17, 15) is 9.59 Å². The molecule has 2 amide bonds. The number of hydrogen-bond donors (Lipinski definition) is 1. The van der Waals surface area contributed by atoms with Gasteiger partial charge >= 0.3 is 0 Å². The summed E-state index contributed by atoms with van der Waals surface area (Å²) in [6.07, 6.45) is 2.28. The van der Waals surface area contributed by atoms with Crippen molar-refractivity contribution < 1.29 is 19.1 Å². The lowest BCUT2D eigenvalue weighted by Crippen LogP contribution is -2.37. The predicted octanol–water partition coefficient (Wildman–Crippen LogP) is 2.00. The summed E-state index contributed by atoms with van der Waals surface area (Å²) in [6, 6.07) is 5.11. The second-order valence-corrected chi connectivity index (χ2v) is 6.54. The second kappa shape index (κ2) is 7.40. The Morgan fingerprint density at radius 2 is 2.33 bits per heavy atom. The molecule has 0 radical (unpaired) electrons. The van der Waals surface area contributed by atoms with Crippen LogP contribution in [-0.2, 0) is 14.3 Å². The van der Waals surface area contributed by atoms with Gasteiger partial charge < -0.3 is 19.7 Å². The molecule has 6 nitrogen and oxygen atoms in total. The molecular formula is C17H21ClN2O4. The molecule has 1 N–H and O–H groups in total. The van der Waals surface area contributed by atoms with Crippen molar-refractivity contribution in [2.75, 3.05) is 31.7 Å². The Morgan fingerprint density at radius 3 is 3.04 bits per heavy atom. The van der Waals surface area contributed by atoms with Crippen LogP contribution in [0.3, 0.4) is 0 Å². The third kappa shape index (κ3) is 3.65. The van der Waals surface area contributed by atoms with Crippen LogP contribution in [0.2, 0.25) is 5.02 Å². The Labute approximate surface area is 146 Å².